The fraction of sp³-hybridized carbons (Fsp3) is 0.732. The molecule has 0 aliphatic carbocycles. The molecule has 3 saturated heterocycles. The fourth-order valence-electron chi connectivity index (χ4n) is 9.06. The van der Waals surface area contributed by atoms with Crippen molar-refractivity contribution in [3.63, 3.8) is 0 Å². The quantitative estimate of drug-likeness (QED) is 0.127. The maximum atomic E-state index is 16.8. The van der Waals surface area contributed by atoms with Crippen LogP contribution in [0.5, 0.6) is 0 Å². The van der Waals surface area contributed by atoms with Gasteiger partial charge in [-0.2, -0.15) is 0 Å². The summed E-state index contributed by atoms with van der Waals surface area (Å²) in [5.74, 6) is -6.56. The molecule has 5 rings (SSSR count). The van der Waals surface area contributed by atoms with Crippen LogP contribution in [-0.2, 0) is 39.9 Å². The number of nitrogens with zero attached hydrogens (tertiary/aromatic N) is 6. The molecule has 5 heterocycles. The van der Waals surface area contributed by atoms with Crippen LogP contribution < -0.4 is 5.43 Å². The largest absolute Gasteiger partial charge is 0.455 e. The van der Waals surface area contributed by atoms with Gasteiger partial charge in [0.2, 0.25) is 5.28 Å². The van der Waals surface area contributed by atoms with Crippen molar-refractivity contribution in [2.75, 3.05) is 20.1 Å². The summed E-state index contributed by atoms with van der Waals surface area (Å²) in [7, 11) is 1.84. The summed E-state index contributed by atoms with van der Waals surface area (Å²) in [5.41, 5.74) is -2.55. The van der Waals surface area contributed by atoms with Crippen molar-refractivity contribution < 1.29 is 52.7 Å². The minimum Gasteiger partial charge on any atom is -0.455 e. The molecule has 3 aliphatic rings. The molecule has 13 atom stereocenters. The molecule has 2 aromatic heterocycles. The molecule has 0 bridgehead atoms. The van der Waals surface area contributed by atoms with Crippen molar-refractivity contribution in [3.8, 4) is 11.3 Å². The van der Waals surface area contributed by atoms with Gasteiger partial charge < -0.3 is 38.6 Å². The van der Waals surface area contributed by atoms with Crippen LogP contribution in [0.25, 0.3) is 11.3 Å². The van der Waals surface area contributed by atoms with E-state index in [4.69, 9.17) is 30.5 Å². The smallest absolute Gasteiger partial charge is 0.425 e. The molecular formula is C41H61ClFN7O10. The first kappa shape index (κ1) is 47.4. The van der Waals surface area contributed by atoms with Crippen molar-refractivity contribution in [2.45, 2.75) is 154 Å². The van der Waals surface area contributed by atoms with Gasteiger partial charge >= 0.3 is 12.1 Å². The highest BCUT2D eigenvalue weighted by molar-refractivity contribution is 6.28. The van der Waals surface area contributed by atoms with E-state index in [-0.39, 0.29) is 30.5 Å². The van der Waals surface area contributed by atoms with Gasteiger partial charge in [-0.15, -0.1) is 0 Å². The molecule has 3 N–H and O–H groups in total. The lowest BCUT2D eigenvalue weighted by molar-refractivity contribution is -0.294. The first-order valence-electron chi connectivity index (χ1n) is 20.7. The number of Topliss-reactive ketones (excluding diaryl/α,β-unsaturated/α-hetero) is 2. The van der Waals surface area contributed by atoms with E-state index in [1.165, 1.54) is 25.8 Å². The molecule has 19 heteroatoms. The summed E-state index contributed by atoms with van der Waals surface area (Å²) in [6.45, 7) is 14.9. The Morgan fingerprint density at radius 2 is 1.73 bits per heavy atom. The number of aryl methyl sites for hydroxylation is 1. The fourth-order valence-corrected chi connectivity index (χ4v) is 9.15. The van der Waals surface area contributed by atoms with Gasteiger partial charge in [0.1, 0.15) is 24.0 Å². The van der Waals surface area contributed by atoms with Crippen LogP contribution in [0.15, 0.2) is 24.9 Å². The van der Waals surface area contributed by atoms with E-state index in [2.05, 4.69) is 20.4 Å². The highest BCUT2D eigenvalue weighted by Gasteiger charge is 2.62. The number of hydrogen-bond donors (Lipinski definition) is 3. The van der Waals surface area contributed by atoms with Crippen molar-refractivity contribution >= 4 is 35.2 Å². The molecule has 0 saturated carbocycles. The number of hydrogen-bond acceptors (Lipinski definition) is 15. The molecule has 2 aromatic rings. The molecule has 2 unspecified atom stereocenters. The monoisotopic (exact) mass is 865 g/mol. The number of aromatic nitrogens is 4. The third-order valence-electron chi connectivity index (χ3n) is 12.5. The zero-order chi connectivity index (χ0) is 44.5. The van der Waals surface area contributed by atoms with Gasteiger partial charge in [-0.3, -0.25) is 9.59 Å². The van der Waals surface area contributed by atoms with E-state index < -0.39 is 95.3 Å². The molecule has 3 fully saturated rings. The van der Waals surface area contributed by atoms with Crippen LogP contribution in [-0.4, -0.2) is 143 Å². The molecule has 1 amide bonds. The molecule has 60 heavy (non-hydrogen) atoms. The number of nitrogens with one attached hydrogen (secondary N) is 1. The number of alkyl halides is 1. The lowest BCUT2D eigenvalue weighted by Crippen LogP contribution is -2.62. The number of carbonyl (C=O) groups is 4. The molecular weight excluding hydrogens is 805 g/mol. The van der Waals surface area contributed by atoms with E-state index in [9.17, 15) is 29.4 Å². The van der Waals surface area contributed by atoms with E-state index in [1.807, 2.05) is 29.6 Å². The van der Waals surface area contributed by atoms with Crippen molar-refractivity contribution in [3.05, 3.63) is 30.2 Å². The van der Waals surface area contributed by atoms with Crippen LogP contribution in [0.4, 0.5) is 9.18 Å². The Balaban J connectivity index is 1.43. The molecule has 3 aliphatic heterocycles. The normalized spacial score (nSPS) is 37.1. The van der Waals surface area contributed by atoms with Gasteiger partial charge in [0.25, 0.3) is 5.67 Å². The molecule has 0 aromatic carbocycles. The van der Waals surface area contributed by atoms with E-state index in [0.717, 1.165) is 6.92 Å². The van der Waals surface area contributed by atoms with E-state index in [1.54, 1.807) is 46.4 Å². The minimum absolute atomic E-state index is 0.0285. The van der Waals surface area contributed by atoms with Crippen molar-refractivity contribution in [1.29, 1.82) is 0 Å². The maximum absolute atomic E-state index is 16.8. The average Bonchev–Trinajstić information content (AvgIpc) is 3.77. The number of fused-ring (bicyclic) bond motifs is 1. The van der Waals surface area contributed by atoms with Crippen LogP contribution in [0.2, 0.25) is 5.28 Å². The molecule has 0 radical (unpaired) electrons. The Bertz CT molecular complexity index is 1850. The first-order chi connectivity index (χ1) is 28.1. The third-order valence-corrected chi connectivity index (χ3v) is 12.7. The van der Waals surface area contributed by atoms with Gasteiger partial charge in [0.05, 0.1) is 29.8 Å². The minimum atomic E-state index is -3.26. The Hall–Kier alpha value is -3.65. The van der Waals surface area contributed by atoms with Crippen LogP contribution in [0.3, 0.4) is 0 Å². The number of hydrazine groups is 1. The Kier molecular flexibility index (Phi) is 14.8. The molecule has 334 valence electrons. The van der Waals surface area contributed by atoms with Crippen LogP contribution in [0.1, 0.15) is 88.0 Å². The average molecular weight is 866 g/mol. The standard InChI is InChI=1S/C41H61ClFN7O10/c1-11-29-41(9)32(50(38(55)60-41)47-14-13-15-49-20-27(46-21-49)26-18-44-37(42)45-19-26)24(5)30(51)22(3)17-39(7,56)34(25(6)33(53)40(8,43)36(54)58-29)59-35-31(52)28(48(10)12-2)16-23(4)57-35/h18-25,28-29,31-32,34-35,47,52,56H,11-17H2,1-10H3/t22-,23-,24+,25+,28+,29-,31-,32?,34-,35?,39-,40+,41-/m1/s1. The number of esters is 1. The lowest BCUT2D eigenvalue weighted by atomic mass is 9.73. The van der Waals surface area contributed by atoms with Gasteiger partial charge in [-0.25, -0.2) is 39.4 Å². The number of cyclic esters (lactones) is 1. The number of imidazole rings is 1. The number of amides is 1. The number of rotatable bonds is 11. The summed E-state index contributed by atoms with van der Waals surface area (Å²) >= 11 is 5.81. The zero-order valence-corrected chi connectivity index (χ0v) is 36.9. The number of aliphatic hydroxyl groups excluding tert-OH is 1. The topological polar surface area (TPSA) is 208 Å². The number of likely N-dealkylation sites (N-methyl/N-ethyl adjacent to an activating group) is 1. The van der Waals surface area contributed by atoms with Crippen LogP contribution >= 0.6 is 11.6 Å². The SMILES string of the molecule is CC[C@H]1OC(=O)[C@@](C)(F)C(=O)[C@H](C)[C@@H](OC2O[C@H](C)C[C@H](N(C)CC)[C@H]2O)[C@](C)(O)C[C@@H](C)C(=O)[C@H](C)C2N(NCCCn3cnc(-c4cnc(Cl)nc4)c3)C(=O)O[C@@]21C. The molecule has 0 spiro atoms. The third kappa shape index (κ3) is 9.69. The van der Waals surface area contributed by atoms with Gasteiger partial charge in [0.15, 0.2) is 17.7 Å². The zero-order valence-electron chi connectivity index (χ0n) is 36.1. The predicted octanol–water partition coefficient (Wildman–Crippen LogP) is 3.92. The highest BCUT2D eigenvalue weighted by Crippen LogP contribution is 2.42. The Morgan fingerprint density at radius 3 is 2.37 bits per heavy atom. The second kappa shape index (κ2) is 18.8. The summed E-state index contributed by atoms with van der Waals surface area (Å²) < 4.78 is 42.7. The lowest BCUT2D eigenvalue weighted by Gasteiger charge is -2.46. The summed E-state index contributed by atoms with van der Waals surface area (Å²) in [6.07, 6.45) is 0.639. The van der Waals surface area contributed by atoms with Gasteiger partial charge in [0, 0.05) is 61.0 Å². The summed E-state index contributed by atoms with van der Waals surface area (Å²) in [4.78, 5) is 70.6. The first-order valence-corrected chi connectivity index (χ1v) is 21.1. The van der Waals surface area contributed by atoms with Crippen LogP contribution in [0, 0.1) is 17.8 Å². The Morgan fingerprint density at radius 1 is 1.07 bits per heavy atom. The van der Waals surface area contributed by atoms with E-state index >= 15 is 4.39 Å². The van der Waals surface area contributed by atoms with Crippen molar-refractivity contribution in [2.24, 2.45) is 17.8 Å². The number of ketones is 2. The predicted molar refractivity (Wildman–Crippen MR) is 216 cm³/mol. The Labute approximate surface area is 355 Å². The van der Waals surface area contributed by atoms with E-state index in [0.29, 0.717) is 37.2 Å². The maximum Gasteiger partial charge on any atom is 0.425 e. The van der Waals surface area contributed by atoms with Crippen molar-refractivity contribution in [1.82, 2.24) is 34.9 Å². The number of halogens is 2. The summed E-state index contributed by atoms with van der Waals surface area (Å²) in [5, 5.41) is 25.0. The highest BCUT2D eigenvalue weighted by atomic mass is 35.5. The number of ether oxygens (including phenoxy) is 4. The second-order valence-electron chi connectivity index (χ2n) is 17.2. The molecule has 17 nitrogen and oxygen atoms in total. The number of carbonyl (C=O) groups excluding carboxylic acids is 4. The van der Waals surface area contributed by atoms with Gasteiger partial charge in [-0.05, 0) is 78.6 Å². The second-order valence-corrected chi connectivity index (χ2v) is 17.6. The summed E-state index contributed by atoms with van der Waals surface area (Å²) in [6, 6.07) is -1.49. The number of aliphatic hydroxyl groups is 2. The van der Waals surface area contributed by atoms with Gasteiger partial charge in [-0.1, -0.05) is 34.6 Å².